The van der Waals surface area contributed by atoms with E-state index in [0.29, 0.717) is 15.8 Å². The molecule has 162 valence electrons. The summed E-state index contributed by atoms with van der Waals surface area (Å²) in [6.07, 6.45) is 5.04. The summed E-state index contributed by atoms with van der Waals surface area (Å²) in [5.41, 5.74) is 0.599. The van der Waals surface area contributed by atoms with Crippen LogP contribution < -0.4 is 5.36 Å². The van der Waals surface area contributed by atoms with Crippen LogP contribution in [0.2, 0.25) is 15.1 Å². The van der Waals surface area contributed by atoms with Crippen LogP contribution in [0.4, 0.5) is 4.39 Å². The van der Waals surface area contributed by atoms with Crippen molar-refractivity contribution in [3.05, 3.63) is 92.5 Å². The molecule has 3 aromatic heterocycles. The molecule has 1 amide bonds. The van der Waals surface area contributed by atoms with Crippen molar-refractivity contribution in [3.63, 3.8) is 0 Å². The van der Waals surface area contributed by atoms with Crippen molar-refractivity contribution < 1.29 is 19.2 Å². The number of amides is 1. The van der Waals surface area contributed by atoms with Gasteiger partial charge < -0.3 is 9.77 Å². The highest BCUT2D eigenvalue weighted by Gasteiger charge is 2.23. The van der Waals surface area contributed by atoms with Gasteiger partial charge in [-0.3, -0.25) is 9.59 Å². The maximum absolute atomic E-state index is 14.3. The Labute approximate surface area is 194 Å². The number of carbonyl (C=O) groups is 2. The van der Waals surface area contributed by atoms with Crippen LogP contribution in [0.5, 0.6) is 0 Å². The van der Waals surface area contributed by atoms with Crippen molar-refractivity contribution in [2.75, 3.05) is 0 Å². The van der Waals surface area contributed by atoms with Gasteiger partial charge in [0, 0.05) is 28.4 Å². The number of pyridine rings is 2. The molecule has 0 spiro atoms. The summed E-state index contributed by atoms with van der Waals surface area (Å²) in [6.45, 7) is -0.00945. The Kier molecular flexibility index (Phi) is 6.01. The third-order valence-electron chi connectivity index (χ3n) is 4.62. The third-order valence-corrected chi connectivity index (χ3v) is 5.53. The first-order chi connectivity index (χ1) is 15.3. The van der Waals surface area contributed by atoms with E-state index in [2.05, 4.69) is 9.98 Å². The van der Waals surface area contributed by atoms with Gasteiger partial charge in [-0.15, -0.1) is 0 Å². The van der Waals surface area contributed by atoms with Crippen molar-refractivity contribution in [3.8, 4) is 0 Å². The monoisotopic (exact) mass is 492 g/mol. The first-order valence-electron chi connectivity index (χ1n) is 9.03. The third kappa shape index (κ3) is 4.12. The molecule has 7 nitrogen and oxygen atoms in total. The molecule has 0 aliphatic heterocycles. The summed E-state index contributed by atoms with van der Waals surface area (Å²) in [7, 11) is 0. The van der Waals surface area contributed by atoms with Crippen molar-refractivity contribution in [1.29, 1.82) is 0 Å². The van der Waals surface area contributed by atoms with Gasteiger partial charge in [-0.25, -0.2) is 14.4 Å². The van der Waals surface area contributed by atoms with Gasteiger partial charge in [0.05, 0.1) is 34.5 Å². The van der Waals surface area contributed by atoms with Crippen molar-refractivity contribution >= 4 is 57.5 Å². The summed E-state index contributed by atoms with van der Waals surface area (Å²) in [5, 5.41) is 9.62. The van der Waals surface area contributed by atoms with Crippen LogP contribution in [0.25, 0.3) is 11.0 Å². The molecule has 11 heteroatoms. The van der Waals surface area contributed by atoms with Crippen molar-refractivity contribution in [1.82, 2.24) is 14.3 Å². The highest BCUT2D eigenvalue weighted by molar-refractivity contribution is 6.45. The van der Waals surface area contributed by atoms with Crippen molar-refractivity contribution in [2.45, 2.75) is 6.54 Å². The van der Waals surface area contributed by atoms with Gasteiger partial charge in [0.25, 0.3) is 5.78 Å². The van der Waals surface area contributed by atoms with Crippen LogP contribution >= 0.6 is 34.8 Å². The quantitative estimate of drug-likeness (QED) is 0.257. The normalized spacial score (nSPS) is 11.0. The molecule has 0 saturated heterocycles. The molecule has 4 aromatic rings. The fraction of sp³-hybridized carbons (Fsp3) is 0.0476. The first-order valence-corrected chi connectivity index (χ1v) is 10.2. The molecule has 4 rings (SSSR count). The number of nitrogens with zero attached hydrogens (tertiary/aromatic N) is 4. The molecule has 32 heavy (non-hydrogen) atoms. The van der Waals surface area contributed by atoms with E-state index >= 15 is 0 Å². The number of halogens is 4. The highest BCUT2D eigenvalue weighted by Crippen LogP contribution is 2.25. The smallest absolute Gasteiger partial charge is 0.318 e. The molecule has 0 bridgehead atoms. The molecular formula is C21H12Cl3FN4O3. The Morgan fingerprint density at radius 1 is 1.03 bits per heavy atom. The minimum atomic E-state index is -1.13. The lowest BCUT2D eigenvalue weighted by atomic mass is 10.1. The zero-order valence-electron chi connectivity index (χ0n) is 16.0. The Balaban J connectivity index is 1.78. The average Bonchev–Trinajstić information content (AvgIpc) is 3.11. The number of Topliss-reactive ketones (excluding diaryl/α,β-unsaturated/α-hetero) is 1. The van der Waals surface area contributed by atoms with E-state index in [-0.39, 0.29) is 38.1 Å². The summed E-state index contributed by atoms with van der Waals surface area (Å²) in [4.78, 5) is 33.5. The Hall–Kier alpha value is -3.20. The summed E-state index contributed by atoms with van der Waals surface area (Å²) in [5.74, 6) is -2.57. The minimum Gasteiger partial charge on any atom is -0.429 e. The van der Waals surface area contributed by atoms with Gasteiger partial charge in [-0.1, -0.05) is 40.9 Å². The minimum absolute atomic E-state index is 0.00945. The average molecular weight is 494 g/mol. The van der Waals surface area contributed by atoms with Gasteiger partial charge in [0.1, 0.15) is 16.8 Å². The molecular weight excluding hydrogens is 482 g/mol. The SMILES string of the molecule is O=C(N=c1c(Cl)cn(O)cc1Cl)C(=O)c1cn(Cc2c(F)cccc2Cl)c2ncccc12. The second-order valence-electron chi connectivity index (χ2n) is 6.67. The molecule has 0 radical (unpaired) electrons. The lowest BCUT2D eigenvalue weighted by molar-refractivity contribution is -0.114. The Bertz CT molecular complexity index is 1420. The van der Waals surface area contributed by atoms with E-state index in [1.807, 2.05) is 0 Å². The van der Waals surface area contributed by atoms with Crippen molar-refractivity contribution in [2.24, 2.45) is 4.99 Å². The second kappa shape index (κ2) is 8.74. The largest absolute Gasteiger partial charge is 0.429 e. The fourth-order valence-electron chi connectivity index (χ4n) is 3.16. The number of aromatic nitrogens is 3. The molecule has 0 atom stereocenters. The predicted octanol–water partition coefficient (Wildman–Crippen LogP) is 4.53. The second-order valence-corrected chi connectivity index (χ2v) is 7.90. The maximum atomic E-state index is 14.3. The maximum Gasteiger partial charge on any atom is 0.318 e. The predicted molar refractivity (Wildman–Crippen MR) is 117 cm³/mol. The Morgan fingerprint density at radius 3 is 2.44 bits per heavy atom. The summed E-state index contributed by atoms with van der Waals surface area (Å²) >= 11 is 18.1. The molecule has 0 fully saturated rings. The Morgan fingerprint density at radius 2 is 1.75 bits per heavy atom. The van der Waals surface area contributed by atoms with Gasteiger partial charge >= 0.3 is 5.91 Å². The van der Waals surface area contributed by atoms with E-state index < -0.39 is 17.5 Å². The lowest BCUT2D eigenvalue weighted by Gasteiger charge is -2.08. The van der Waals surface area contributed by atoms with E-state index in [1.165, 1.54) is 29.1 Å². The molecule has 3 heterocycles. The van der Waals surface area contributed by atoms with E-state index in [4.69, 9.17) is 34.8 Å². The van der Waals surface area contributed by atoms with Crippen LogP contribution in [0.1, 0.15) is 15.9 Å². The van der Waals surface area contributed by atoms with Crippen LogP contribution in [0.3, 0.4) is 0 Å². The summed E-state index contributed by atoms with van der Waals surface area (Å²) < 4.78 is 16.4. The number of hydrogen-bond donors (Lipinski definition) is 1. The molecule has 0 aliphatic carbocycles. The molecule has 0 unspecified atom stereocenters. The zero-order chi connectivity index (χ0) is 23.0. The number of hydrogen-bond acceptors (Lipinski definition) is 4. The first kappa shape index (κ1) is 22.0. The van der Waals surface area contributed by atoms with Crippen LogP contribution in [-0.2, 0) is 11.3 Å². The number of benzene rings is 1. The van der Waals surface area contributed by atoms with E-state index in [1.54, 1.807) is 18.2 Å². The number of ketones is 1. The molecule has 1 N–H and O–H groups in total. The zero-order valence-corrected chi connectivity index (χ0v) is 18.2. The summed E-state index contributed by atoms with van der Waals surface area (Å²) in [6, 6.07) is 7.53. The van der Waals surface area contributed by atoms with E-state index in [9.17, 15) is 19.2 Å². The number of rotatable bonds is 4. The molecule has 0 aliphatic rings. The number of fused-ring (bicyclic) bond motifs is 1. The number of carbonyl (C=O) groups excluding carboxylic acids is 2. The van der Waals surface area contributed by atoms with Crippen LogP contribution in [-0.4, -0.2) is 31.2 Å². The van der Waals surface area contributed by atoms with Gasteiger partial charge in [0.15, 0.2) is 0 Å². The highest BCUT2D eigenvalue weighted by atomic mass is 35.5. The van der Waals surface area contributed by atoms with E-state index in [0.717, 1.165) is 12.4 Å². The fourth-order valence-corrected chi connectivity index (χ4v) is 3.92. The van der Waals surface area contributed by atoms with Gasteiger partial charge in [-0.05, 0) is 24.3 Å². The van der Waals surface area contributed by atoms with Crippen LogP contribution in [0.15, 0.2) is 60.1 Å². The molecule has 0 saturated carbocycles. The lowest BCUT2D eigenvalue weighted by Crippen LogP contribution is -2.18. The van der Waals surface area contributed by atoms with Gasteiger partial charge in [-0.2, -0.15) is 4.73 Å². The topological polar surface area (TPSA) is 89.5 Å². The standard InChI is InChI=1S/C21H12Cl3FN4O3/c22-14-4-1-5-17(25)13(14)8-28-7-12(11-3-2-6-26-20(11)28)19(30)21(31)27-18-15(23)9-29(32)10-16(18)24/h1-7,9-10,32H,8H2. The van der Waals surface area contributed by atoms with Crippen LogP contribution in [0, 0.1) is 5.82 Å². The van der Waals surface area contributed by atoms with Gasteiger partial charge in [0.2, 0.25) is 0 Å². The molecule has 1 aromatic carbocycles.